The van der Waals surface area contributed by atoms with Crippen molar-refractivity contribution in [1.82, 2.24) is 0 Å². The molecule has 0 aliphatic carbocycles. The van der Waals surface area contributed by atoms with Gasteiger partial charge in [-0.15, -0.1) is 0 Å². The van der Waals surface area contributed by atoms with Crippen LogP contribution in [0.15, 0.2) is 83.0 Å². The van der Waals surface area contributed by atoms with E-state index in [1.807, 2.05) is 37.3 Å². The molecule has 0 saturated heterocycles. The first-order valence-corrected chi connectivity index (χ1v) is 10.7. The van der Waals surface area contributed by atoms with Crippen molar-refractivity contribution < 1.29 is 14.3 Å². The van der Waals surface area contributed by atoms with Crippen molar-refractivity contribution in [2.75, 3.05) is 6.61 Å². The Balaban J connectivity index is 1.55. The fourth-order valence-electron chi connectivity index (χ4n) is 2.98. The number of unbranched alkanes of at least 4 members (excludes halogenated alkanes) is 3. The van der Waals surface area contributed by atoms with E-state index in [9.17, 15) is 4.79 Å². The average Bonchev–Trinajstić information content (AvgIpc) is 2.80. The van der Waals surface area contributed by atoms with Crippen LogP contribution in [0.1, 0.15) is 48.5 Å². The number of benzene rings is 3. The smallest absolute Gasteiger partial charge is 0.343 e. The summed E-state index contributed by atoms with van der Waals surface area (Å²) in [6.07, 6.45) is 4.75. The molecule has 0 fully saturated rings. The molecule has 0 amide bonds. The number of aryl methyl sites for hydroxylation is 1. The largest absolute Gasteiger partial charge is 0.494 e. The number of nitrogens with zero attached hydrogens (tertiary/aromatic N) is 2. The first-order valence-electron chi connectivity index (χ1n) is 10.7. The van der Waals surface area contributed by atoms with Gasteiger partial charge in [-0.2, -0.15) is 10.2 Å². The minimum absolute atomic E-state index is 0.387. The van der Waals surface area contributed by atoms with Gasteiger partial charge in [-0.25, -0.2) is 4.79 Å². The van der Waals surface area contributed by atoms with Crippen LogP contribution in [0.3, 0.4) is 0 Å². The van der Waals surface area contributed by atoms with Crippen molar-refractivity contribution in [3.8, 4) is 11.5 Å². The molecule has 3 rings (SSSR count). The molecule has 0 radical (unpaired) electrons. The Morgan fingerprint density at radius 3 is 2.29 bits per heavy atom. The number of rotatable bonds is 10. The maximum Gasteiger partial charge on any atom is 0.343 e. The minimum Gasteiger partial charge on any atom is -0.494 e. The Hall–Kier alpha value is -3.47. The molecule has 3 aromatic rings. The number of carbonyl (C=O) groups excluding carboxylic acids is 1. The molecule has 0 aliphatic rings. The highest BCUT2D eigenvalue weighted by atomic mass is 16.5. The number of hydrogen-bond acceptors (Lipinski definition) is 5. The summed E-state index contributed by atoms with van der Waals surface area (Å²) in [4.78, 5) is 12.2. The highest BCUT2D eigenvalue weighted by Crippen LogP contribution is 2.27. The first kappa shape index (κ1) is 22.2. The molecule has 0 spiro atoms. The molecule has 0 unspecified atom stereocenters. The van der Waals surface area contributed by atoms with Crippen LogP contribution in [0.25, 0.3) is 0 Å². The van der Waals surface area contributed by atoms with Crippen LogP contribution < -0.4 is 9.47 Å². The predicted molar refractivity (Wildman–Crippen MR) is 123 cm³/mol. The van der Waals surface area contributed by atoms with E-state index in [-0.39, 0.29) is 5.97 Å². The Kier molecular flexibility index (Phi) is 8.35. The summed E-state index contributed by atoms with van der Waals surface area (Å²) in [6.45, 7) is 4.84. The van der Waals surface area contributed by atoms with Crippen molar-refractivity contribution in [1.29, 1.82) is 0 Å². The lowest BCUT2D eigenvalue weighted by molar-refractivity contribution is 0.0734. The van der Waals surface area contributed by atoms with Crippen molar-refractivity contribution in [3.05, 3.63) is 83.9 Å². The fraction of sp³-hybridized carbons (Fsp3) is 0.269. The maximum absolute atomic E-state index is 12.2. The molecule has 0 N–H and O–H groups in total. The number of ether oxygens (including phenoxy) is 2. The minimum atomic E-state index is -0.387. The van der Waals surface area contributed by atoms with E-state index >= 15 is 0 Å². The summed E-state index contributed by atoms with van der Waals surface area (Å²) < 4.78 is 11.2. The summed E-state index contributed by atoms with van der Waals surface area (Å²) in [5.41, 5.74) is 2.85. The van der Waals surface area contributed by atoms with Gasteiger partial charge in [-0.3, -0.25) is 0 Å². The van der Waals surface area contributed by atoms with Gasteiger partial charge in [0.25, 0.3) is 0 Å². The second-order valence-corrected chi connectivity index (χ2v) is 7.31. The predicted octanol–water partition coefficient (Wildman–Crippen LogP) is 7.59. The third-order valence-electron chi connectivity index (χ3n) is 4.76. The second-order valence-electron chi connectivity index (χ2n) is 7.31. The van der Waals surface area contributed by atoms with E-state index < -0.39 is 0 Å². The molecule has 5 heteroatoms. The lowest BCUT2D eigenvalue weighted by Gasteiger charge is -2.07. The topological polar surface area (TPSA) is 60.3 Å². The lowest BCUT2D eigenvalue weighted by Crippen LogP contribution is -2.08. The Labute approximate surface area is 183 Å². The third kappa shape index (κ3) is 7.07. The second kappa shape index (κ2) is 11.6. The maximum atomic E-state index is 12.2. The number of esters is 1. The van der Waals surface area contributed by atoms with Gasteiger partial charge in [-0.1, -0.05) is 44.4 Å². The van der Waals surface area contributed by atoms with E-state index in [0.717, 1.165) is 35.7 Å². The van der Waals surface area contributed by atoms with Crippen LogP contribution in [-0.4, -0.2) is 12.6 Å². The summed E-state index contributed by atoms with van der Waals surface area (Å²) in [7, 11) is 0. The van der Waals surface area contributed by atoms with Gasteiger partial charge in [-0.05, 0) is 73.5 Å². The normalized spacial score (nSPS) is 10.9. The van der Waals surface area contributed by atoms with Gasteiger partial charge < -0.3 is 9.47 Å². The third-order valence-corrected chi connectivity index (χ3v) is 4.76. The van der Waals surface area contributed by atoms with Gasteiger partial charge in [0.2, 0.25) is 0 Å². The molecular weight excluding hydrogens is 388 g/mol. The van der Waals surface area contributed by atoms with Crippen LogP contribution in [0.4, 0.5) is 11.4 Å². The van der Waals surface area contributed by atoms with Crippen LogP contribution >= 0.6 is 0 Å². The fourth-order valence-corrected chi connectivity index (χ4v) is 2.98. The van der Waals surface area contributed by atoms with E-state index in [0.29, 0.717) is 11.3 Å². The zero-order chi connectivity index (χ0) is 21.9. The zero-order valence-electron chi connectivity index (χ0n) is 18.1. The first-order chi connectivity index (χ1) is 15.2. The Morgan fingerprint density at radius 1 is 0.839 bits per heavy atom. The number of hydrogen-bond donors (Lipinski definition) is 0. The highest BCUT2D eigenvalue weighted by Gasteiger charge is 2.09. The van der Waals surface area contributed by atoms with E-state index in [1.165, 1.54) is 19.3 Å². The molecule has 160 valence electrons. The number of azo groups is 1. The van der Waals surface area contributed by atoms with Gasteiger partial charge in [0.15, 0.2) is 0 Å². The van der Waals surface area contributed by atoms with Crippen molar-refractivity contribution in [3.63, 3.8) is 0 Å². The van der Waals surface area contributed by atoms with Gasteiger partial charge >= 0.3 is 5.97 Å². The molecule has 3 aromatic carbocycles. The van der Waals surface area contributed by atoms with E-state index in [2.05, 4.69) is 17.2 Å². The van der Waals surface area contributed by atoms with Gasteiger partial charge in [0, 0.05) is 0 Å². The highest BCUT2D eigenvalue weighted by molar-refractivity contribution is 5.91. The van der Waals surface area contributed by atoms with Crippen LogP contribution in [0, 0.1) is 6.92 Å². The molecular formula is C26H28N2O3. The average molecular weight is 417 g/mol. The van der Waals surface area contributed by atoms with Crippen LogP contribution in [0.5, 0.6) is 11.5 Å². The summed E-state index contributed by atoms with van der Waals surface area (Å²) >= 11 is 0. The molecule has 5 nitrogen and oxygen atoms in total. The molecule has 0 heterocycles. The number of carbonyl (C=O) groups is 1. The summed E-state index contributed by atoms with van der Waals surface area (Å²) in [6, 6.07) is 21.8. The van der Waals surface area contributed by atoms with Crippen LogP contribution in [-0.2, 0) is 0 Å². The standard InChI is InChI=1S/C26H28N2O3/c1-3-4-5-9-18-30-23-14-12-22(13-15-23)27-28-25-17-16-24(19-20(25)2)31-26(29)21-10-7-6-8-11-21/h6-8,10-17,19H,3-5,9,18H2,1-2H3. The molecule has 0 aliphatic heterocycles. The Morgan fingerprint density at radius 2 is 1.58 bits per heavy atom. The zero-order valence-corrected chi connectivity index (χ0v) is 18.1. The molecule has 0 saturated carbocycles. The van der Waals surface area contributed by atoms with Crippen molar-refractivity contribution in [2.45, 2.75) is 39.5 Å². The molecule has 0 aromatic heterocycles. The Bertz CT molecular complexity index is 999. The summed E-state index contributed by atoms with van der Waals surface area (Å²) in [5, 5.41) is 8.62. The lowest BCUT2D eigenvalue weighted by atomic mass is 10.2. The van der Waals surface area contributed by atoms with Gasteiger partial charge in [0.05, 0.1) is 23.5 Å². The van der Waals surface area contributed by atoms with Crippen LogP contribution in [0.2, 0.25) is 0 Å². The molecule has 31 heavy (non-hydrogen) atoms. The van der Waals surface area contributed by atoms with Crippen molar-refractivity contribution in [2.24, 2.45) is 10.2 Å². The summed E-state index contributed by atoms with van der Waals surface area (Å²) in [5.74, 6) is 0.934. The van der Waals surface area contributed by atoms with E-state index in [1.54, 1.807) is 42.5 Å². The quantitative estimate of drug-likeness (QED) is 0.148. The van der Waals surface area contributed by atoms with E-state index in [4.69, 9.17) is 9.47 Å². The van der Waals surface area contributed by atoms with Crippen molar-refractivity contribution >= 4 is 17.3 Å². The SMILES string of the molecule is CCCCCCOc1ccc(N=Nc2ccc(OC(=O)c3ccccc3)cc2C)cc1. The molecule has 0 bridgehead atoms. The monoisotopic (exact) mass is 416 g/mol. The molecule has 0 atom stereocenters. The van der Waals surface area contributed by atoms with Gasteiger partial charge in [0.1, 0.15) is 11.5 Å².